The van der Waals surface area contributed by atoms with Gasteiger partial charge in [0.1, 0.15) is 17.9 Å². The average molecular weight is 654 g/mol. The molecule has 0 spiro atoms. The third-order valence-electron chi connectivity index (χ3n) is 6.12. The molecular formula is C30H17BrCl3N3O3. The molecule has 0 bridgehead atoms. The van der Waals surface area contributed by atoms with Gasteiger partial charge in [-0.3, -0.25) is 4.79 Å². The van der Waals surface area contributed by atoms with Crippen molar-refractivity contribution in [3.05, 3.63) is 126 Å². The number of halogens is 4. The predicted molar refractivity (Wildman–Crippen MR) is 164 cm³/mol. The van der Waals surface area contributed by atoms with Crippen molar-refractivity contribution >= 4 is 78.8 Å². The monoisotopic (exact) mass is 651 g/mol. The largest absolute Gasteiger partial charge is 0.488 e. The Kier molecular flexibility index (Phi) is 7.38. The second-order valence-electron chi connectivity index (χ2n) is 8.83. The molecule has 0 saturated heterocycles. The maximum absolute atomic E-state index is 13.6. The van der Waals surface area contributed by atoms with E-state index < -0.39 is 0 Å². The second kappa shape index (κ2) is 11.1. The standard InChI is InChI=1S/C30H17BrCl3N3O3/c31-20-6-9-27-18(12-20)14-28(40-27)29-36-25-4-2-1-3-22(25)30(38)37(29)35-15-19-13-21(32)7-10-26(19)39-16-17-5-8-23(33)24(34)11-17/h1-15H,16H2. The highest BCUT2D eigenvalue weighted by Crippen LogP contribution is 2.30. The van der Waals surface area contributed by atoms with Crippen LogP contribution in [0.15, 0.2) is 104 Å². The fraction of sp³-hybridized carbons (Fsp3) is 0.0333. The van der Waals surface area contributed by atoms with E-state index in [4.69, 9.17) is 48.9 Å². The molecule has 198 valence electrons. The smallest absolute Gasteiger partial charge is 0.282 e. The summed E-state index contributed by atoms with van der Waals surface area (Å²) in [6, 6.07) is 25.0. The number of hydrogen-bond donors (Lipinski definition) is 0. The summed E-state index contributed by atoms with van der Waals surface area (Å²) in [7, 11) is 0. The highest BCUT2D eigenvalue weighted by molar-refractivity contribution is 9.10. The fourth-order valence-corrected chi connectivity index (χ4v) is 5.06. The summed E-state index contributed by atoms with van der Waals surface area (Å²) in [5, 5.41) is 7.21. The van der Waals surface area contributed by atoms with E-state index in [0.29, 0.717) is 48.6 Å². The molecule has 2 aromatic heterocycles. The van der Waals surface area contributed by atoms with Gasteiger partial charge in [0.05, 0.1) is 27.2 Å². The molecule has 10 heteroatoms. The molecular weight excluding hydrogens is 637 g/mol. The Balaban J connectivity index is 1.43. The van der Waals surface area contributed by atoms with Gasteiger partial charge in [-0.05, 0) is 72.3 Å². The summed E-state index contributed by atoms with van der Waals surface area (Å²) in [5.74, 6) is 1.17. The number of aromatic nitrogens is 2. The fourth-order valence-electron chi connectivity index (χ4n) is 4.18. The zero-order chi connectivity index (χ0) is 27.8. The molecule has 0 aliphatic heterocycles. The highest BCUT2D eigenvalue weighted by Gasteiger charge is 2.17. The van der Waals surface area contributed by atoms with Crippen molar-refractivity contribution in [3.8, 4) is 17.3 Å². The maximum Gasteiger partial charge on any atom is 0.282 e. The number of fused-ring (bicyclic) bond motifs is 2. The van der Waals surface area contributed by atoms with E-state index in [1.54, 1.807) is 48.5 Å². The SMILES string of the molecule is O=c1c2ccccc2nc(-c2cc3cc(Br)ccc3o2)n1N=Cc1cc(Cl)ccc1OCc1ccc(Cl)c(Cl)c1. The number of furan rings is 1. The minimum atomic E-state index is -0.348. The van der Waals surface area contributed by atoms with Crippen molar-refractivity contribution < 1.29 is 9.15 Å². The second-order valence-corrected chi connectivity index (χ2v) is 11.0. The van der Waals surface area contributed by atoms with E-state index in [0.717, 1.165) is 15.4 Å². The lowest BCUT2D eigenvalue weighted by Crippen LogP contribution is -2.20. The Hall–Kier alpha value is -3.62. The summed E-state index contributed by atoms with van der Waals surface area (Å²) in [4.78, 5) is 18.3. The Bertz CT molecular complexity index is 2000. The Morgan fingerprint density at radius 2 is 1.80 bits per heavy atom. The summed E-state index contributed by atoms with van der Waals surface area (Å²) in [5.41, 5.74) is 2.24. The van der Waals surface area contributed by atoms with E-state index in [1.807, 2.05) is 36.4 Å². The molecule has 6 aromatic rings. The molecule has 0 fully saturated rings. The molecule has 4 aromatic carbocycles. The first-order valence-electron chi connectivity index (χ1n) is 12.0. The number of rotatable bonds is 6. The van der Waals surface area contributed by atoms with Crippen LogP contribution in [-0.2, 0) is 6.61 Å². The third-order valence-corrected chi connectivity index (χ3v) is 7.58. The van der Waals surface area contributed by atoms with Gasteiger partial charge in [-0.25, -0.2) is 4.98 Å². The first kappa shape index (κ1) is 26.6. The van der Waals surface area contributed by atoms with Gasteiger partial charge in [-0.2, -0.15) is 9.78 Å². The lowest BCUT2D eigenvalue weighted by molar-refractivity contribution is 0.306. The molecule has 0 amide bonds. The van der Waals surface area contributed by atoms with E-state index >= 15 is 0 Å². The molecule has 6 rings (SSSR count). The molecule has 0 atom stereocenters. The van der Waals surface area contributed by atoms with Crippen molar-refractivity contribution in [2.45, 2.75) is 6.61 Å². The first-order valence-corrected chi connectivity index (χ1v) is 13.9. The number of para-hydroxylation sites is 1. The van der Waals surface area contributed by atoms with Crippen LogP contribution in [-0.4, -0.2) is 15.9 Å². The van der Waals surface area contributed by atoms with E-state index in [1.165, 1.54) is 10.9 Å². The van der Waals surface area contributed by atoms with E-state index in [2.05, 4.69) is 21.0 Å². The molecule has 0 aliphatic rings. The third kappa shape index (κ3) is 5.38. The zero-order valence-electron chi connectivity index (χ0n) is 20.4. The van der Waals surface area contributed by atoms with Gasteiger partial charge < -0.3 is 9.15 Å². The Morgan fingerprint density at radius 3 is 2.65 bits per heavy atom. The van der Waals surface area contributed by atoms with Crippen LogP contribution in [0.5, 0.6) is 5.75 Å². The Morgan fingerprint density at radius 1 is 0.950 bits per heavy atom. The predicted octanol–water partition coefficient (Wildman–Crippen LogP) is 8.99. The van der Waals surface area contributed by atoms with Crippen molar-refractivity contribution in [1.29, 1.82) is 0 Å². The topological polar surface area (TPSA) is 69.6 Å². The molecule has 0 N–H and O–H groups in total. The van der Waals surface area contributed by atoms with Gasteiger partial charge in [0.25, 0.3) is 5.56 Å². The zero-order valence-corrected chi connectivity index (χ0v) is 24.3. The van der Waals surface area contributed by atoms with Gasteiger partial charge in [-0.15, -0.1) is 0 Å². The summed E-state index contributed by atoms with van der Waals surface area (Å²) in [6.45, 7) is 0.233. The number of hydrogen-bond acceptors (Lipinski definition) is 5. The molecule has 0 saturated carbocycles. The molecule has 40 heavy (non-hydrogen) atoms. The molecule has 0 radical (unpaired) electrons. The van der Waals surface area contributed by atoms with Crippen LogP contribution in [0.1, 0.15) is 11.1 Å². The molecule has 0 unspecified atom stereocenters. The van der Waals surface area contributed by atoms with Crippen molar-refractivity contribution in [1.82, 2.24) is 9.66 Å². The van der Waals surface area contributed by atoms with Gasteiger partial charge in [0.2, 0.25) is 5.82 Å². The van der Waals surface area contributed by atoms with Crippen molar-refractivity contribution in [2.24, 2.45) is 5.10 Å². The Labute approximate surface area is 251 Å². The molecule has 2 heterocycles. The summed E-state index contributed by atoms with van der Waals surface area (Å²) in [6.07, 6.45) is 1.51. The van der Waals surface area contributed by atoms with Crippen molar-refractivity contribution in [2.75, 3.05) is 0 Å². The number of benzene rings is 4. The summed E-state index contributed by atoms with van der Waals surface area (Å²) >= 11 is 22.0. The minimum Gasteiger partial charge on any atom is -0.488 e. The number of nitrogens with zero attached hydrogens (tertiary/aromatic N) is 3. The minimum absolute atomic E-state index is 0.233. The van der Waals surface area contributed by atoms with Gasteiger partial charge in [0.15, 0.2) is 5.76 Å². The van der Waals surface area contributed by atoms with Crippen LogP contribution in [0.2, 0.25) is 15.1 Å². The number of ether oxygens (including phenoxy) is 1. The van der Waals surface area contributed by atoms with Gasteiger partial charge in [-0.1, -0.05) is 68.9 Å². The highest BCUT2D eigenvalue weighted by atomic mass is 79.9. The van der Waals surface area contributed by atoms with Crippen LogP contribution < -0.4 is 10.3 Å². The van der Waals surface area contributed by atoms with Crippen LogP contribution >= 0.6 is 50.7 Å². The normalized spacial score (nSPS) is 11.6. The lowest BCUT2D eigenvalue weighted by Gasteiger charge is -2.11. The van der Waals surface area contributed by atoms with Gasteiger partial charge >= 0.3 is 0 Å². The van der Waals surface area contributed by atoms with Crippen LogP contribution in [0, 0.1) is 0 Å². The van der Waals surface area contributed by atoms with Crippen LogP contribution in [0.25, 0.3) is 33.5 Å². The summed E-state index contributed by atoms with van der Waals surface area (Å²) < 4.78 is 14.2. The van der Waals surface area contributed by atoms with Gasteiger partial charge in [0, 0.05) is 20.4 Å². The lowest BCUT2D eigenvalue weighted by atomic mass is 10.2. The molecule has 6 nitrogen and oxygen atoms in total. The van der Waals surface area contributed by atoms with Crippen molar-refractivity contribution in [3.63, 3.8) is 0 Å². The van der Waals surface area contributed by atoms with Crippen LogP contribution in [0.3, 0.4) is 0 Å². The van der Waals surface area contributed by atoms with Crippen LogP contribution in [0.4, 0.5) is 0 Å². The quantitative estimate of drug-likeness (QED) is 0.168. The van der Waals surface area contributed by atoms with E-state index in [-0.39, 0.29) is 18.0 Å². The van der Waals surface area contributed by atoms with E-state index in [9.17, 15) is 4.79 Å². The average Bonchev–Trinajstić information content (AvgIpc) is 3.37. The molecule has 0 aliphatic carbocycles. The maximum atomic E-state index is 13.6. The first-order chi connectivity index (χ1) is 19.4.